The van der Waals surface area contributed by atoms with Crippen LogP contribution in [0.1, 0.15) is 31.5 Å². The van der Waals surface area contributed by atoms with Crippen LogP contribution in [-0.4, -0.2) is 39.4 Å². The molecule has 1 aromatic rings. The van der Waals surface area contributed by atoms with Gasteiger partial charge in [0, 0.05) is 19.9 Å². The topological polar surface area (TPSA) is 105 Å². The van der Waals surface area contributed by atoms with E-state index >= 15 is 0 Å². The van der Waals surface area contributed by atoms with Crippen LogP contribution in [-0.2, 0) is 16.0 Å². The van der Waals surface area contributed by atoms with Crippen molar-refractivity contribution in [3.63, 3.8) is 0 Å². The fourth-order valence-electron chi connectivity index (χ4n) is 2.07. The lowest BCUT2D eigenvalue weighted by molar-refractivity contribution is -0.142. The van der Waals surface area contributed by atoms with Gasteiger partial charge in [-0.3, -0.25) is 19.8 Å². The van der Waals surface area contributed by atoms with Gasteiger partial charge in [-0.2, -0.15) is 4.98 Å². The molecule has 20 heavy (non-hydrogen) atoms. The number of carbonyl (C=O) groups is 3. The molecule has 1 atom stereocenters. The number of amides is 4. The quantitative estimate of drug-likeness (QED) is 0.783. The van der Waals surface area contributed by atoms with Crippen molar-refractivity contribution in [2.24, 2.45) is 5.92 Å². The summed E-state index contributed by atoms with van der Waals surface area (Å²) < 4.78 is 4.82. The number of nitrogens with one attached hydrogen (secondary N) is 1. The number of barbiturate groups is 1. The first-order chi connectivity index (χ1) is 9.52. The van der Waals surface area contributed by atoms with Crippen LogP contribution in [0.5, 0.6) is 0 Å². The molecule has 1 aliphatic heterocycles. The summed E-state index contributed by atoms with van der Waals surface area (Å²) in [6.45, 7) is 3.66. The Morgan fingerprint density at radius 2 is 2.10 bits per heavy atom. The van der Waals surface area contributed by atoms with Gasteiger partial charge in [0.05, 0.1) is 0 Å². The van der Waals surface area contributed by atoms with Gasteiger partial charge >= 0.3 is 6.03 Å². The van der Waals surface area contributed by atoms with Gasteiger partial charge < -0.3 is 4.52 Å². The van der Waals surface area contributed by atoms with Crippen molar-refractivity contribution in [2.75, 3.05) is 6.54 Å². The third-order valence-corrected chi connectivity index (χ3v) is 3.06. The summed E-state index contributed by atoms with van der Waals surface area (Å²) in [7, 11) is 0. The molecule has 8 nitrogen and oxygen atoms in total. The lowest BCUT2D eigenvalue weighted by atomic mass is 9.99. The zero-order valence-corrected chi connectivity index (χ0v) is 11.4. The predicted octanol–water partition coefficient (Wildman–Crippen LogP) is 0.415. The van der Waals surface area contributed by atoms with Crippen LogP contribution in [0.4, 0.5) is 4.79 Å². The van der Waals surface area contributed by atoms with Gasteiger partial charge in [-0.25, -0.2) is 4.79 Å². The van der Waals surface area contributed by atoms with E-state index in [9.17, 15) is 14.4 Å². The molecule has 4 amide bonds. The first-order valence-electron chi connectivity index (χ1n) is 6.48. The Bertz CT molecular complexity index is 539. The summed E-state index contributed by atoms with van der Waals surface area (Å²) in [6.07, 6.45) is 1.41. The fraction of sp³-hybridized carbons (Fsp3) is 0.583. The minimum absolute atomic E-state index is 0.122. The molecule has 0 spiro atoms. The van der Waals surface area contributed by atoms with Gasteiger partial charge in [0.15, 0.2) is 5.82 Å². The molecule has 1 aliphatic rings. The minimum atomic E-state index is -0.787. The number of imide groups is 2. The van der Waals surface area contributed by atoms with Crippen LogP contribution in [0.15, 0.2) is 4.52 Å². The predicted molar refractivity (Wildman–Crippen MR) is 66.4 cm³/mol. The van der Waals surface area contributed by atoms with E-state index < -0.39 is 23.8 Å². The second-order valence-corrected chi connectivity index (χ2v) is 4.61. The number of hydrogen-bond donors (Lipinski definition) is 1. The number of nitrogens with zero attached hydrogens (tertiary/aromatic N) is 3. The number of hydrogen-bond acceptors (Lipinski definition) is 6. The average molecular weight is 280 g/mol. The van der Waals surface area contributed by atoms with E-state index in [1.54, 1.807) is 6.92 Å². The van der Waals surface area contributed by atoms with Crippen molar-refractivity contribution in [1.82, 2.24) is 20.4 Å². The highest BCUT2D eigenvalue weighted by Crippen LogP contribution is 2.16. The number of rotatable bonds is 5. The Kier molecular flexibility index (Phi) is 4.11. The standard InChI is InChI=1S/C12H16N4O4/c1-3-4-8-10(17)14-12(19)16(11(8)18)6-5-9-13-7(2)20-15-9/h8H,3-6H2,1-2H3,(H,14,17,19). The van der Waals surface area contributed by atoms with Crippen molar-refractivity contribution >= 4 is 17.8 Å². The maximum atomic E-state index is 12.1. The zero-order chi connectivity index (χ0) is 14.7. The van der Waals surface area contributed by atoms with Crippen molar-refractivity contribution < 1.29 is 18.9 Å². The molecule has 108 valence electrons. The molecule has 0 saturated carbocycles. The molecule has 1 N–H and O–H groups in total. The first-order valence-corrected chi connectivity index (χ1v) is 6.48. The van der Waals surface area contributed by atoms with Crippen LogP contribution in [0.25, 0.3) is 0 Å². The smallest absolute Gasteiger partial charge is 0.330 e. The molecule has 2 rings (SSSR count). The summed E-state index contributed by atoms with van der Waals surface area (Å²) in [4.78, 5) is 40.5. The van der Waals surface area contributed by atoms with Gasteiger partial charge in [0.25, 0.3) is 0 Å². The average Bonchev–Trinajstić information content (AvgIpc) is 2.80. The Balaban J connectivity index is 2.03. The fourth-order valence-corrected chi connectivity index (χ4v) is 2.07. The molecule has 1 aromatic heterocycles. The number of urea groups is 1. The normalized spacial score (nSPS) is 19.4. The highest BCUT2D eigenvalue weighted by Gasteiger charge is 2.39. The number of aromatic nitrogens is 2. The lowest BCUT2D eigenvalue weighted by Gasteiger charge is -2.29. The molecular weight excluding hydrogens is 264 g/mol. The van der Waals surface area contributed by atoms with Crippen LogP contribution >= 0.6 is 0 Å². The molecule has 1 saturated heterocycles. The van der Waals surface area contributed by atoms with Gasteiger partial charge in [-0.05, 0) is 6.42 Å². The number of aryl methyl sites for hydroxylation is 1. The summed E-state index contributed by atoms with van der Waals surface area (Å²) in [5.74, 6) is -0.917. The van der Waals surface area contributed by atoms with E-state index in [0.717, 1.165) is 4.90 Å². The SMILES string of the molecule is CCCC1C(=O)NC(=O)N(CCc2noc(C)n2)C1=O. The highest BCUT2D eigenvalue weighted by atomic mass is 16.5. The zero-order valence-electron chi connectivity index (χ0n) is 11.4. The van der Waals surface area contributed by atoms with Crippen molar-refractivity contribution in [2.45, 2.75) is 33.1 Å². The van der Waals surface area contributed by atoms with E-state index in [1.165, 1.54) is 0 Å². The third kappa shape index (κ3) is 2.84. The van der Waals surface area contributed by atoms with Crippen molar-refractivity contribution in [3.8, 4) is 0 Å². The Labute approximate surface area is 115 Å². The summed E-state index contributed by atoms with van der Waals surface area (Å²) in [5.41, 5.74) is 0. The summed E-state index contributed by atoms with van der Waals surface area (Å²) in [6, 6.07) is -0.687. The third-order valence-electron chi connectivity index (χ3n) is 3.06. The van der Waals surface area contributed by atoms with E-state index in [2.05, 4.69) is 15.5 Å². The van der Waals surface area contributed by atoms with E-state index in [0.29, 0.717) is 31.0 Å². The molecule has 0 aliphatic carbocycles. The molecule has 2 heterocycles. The summed E-state index contributed by atoms with van der Waals surface area (Å²) in [5, 5.41) is 5.90. The van der Waals surface area contributed by atoms with E-state index in [4.69, 9.17) is 4.52 Å². The Morgan fingerprint density at radius 3 is 2.70 bits per heavy atom. The Hall–Kier alpha value is -2.25. The first kappa shape index (κ1) is 14.2. The molecular formula is C12H16N4O4. The van der Waals surface area contributed by atoms with Gasteiger partial charge in [0.2, 0.25) is 17.7 Å². The molecule has 0 aromatic carbocycles. The lowest BCUT2D eigenvalue weighted by Crippen LogP contribution is -2.58. The van der Waals surface area contributed by atoms with Gasteiger partial charge in [-0.1, -0.05) is 18.5 Å². The monoisotopic (exact) mass is 280 g/mol. The van der Waals surface area contributed by atoms with Crippen LogP contribution < -0.4 is 5.32 Å². The Morgan fingerprint density at radius 1 is 1.35 bits per heavy atom. The van der Waals surface area contributed by atoms with E-state index in [1.807, 2.05) is 6.92 Å². The number of carbonyl (C=O) groups excluding carboxylic acids is 3. The summed E-state index contributed by atoms with van der Waals surface area (Å²) >= 11 is 0. The van der Waals surface area contributed by atoms with Crippen LogP contribution in [0.2, 0.25) is 0 Å². The molecule has 8 heteroatoms. The second kappa shape index (κ2) is 5.81. The van der Waals surface area contributed by atoms with Crippen molar-refractivity contribution in [1.29, 1.82) is 0 Å². The van der Waals surface area contributed by atoms with Gasteiger partial charge in [-0.15, -0.1) is 0 Å². The van der Waals surface area contributed by atoms with E-state index in [-0.39, 0.29) is 6.54 Å². The van der Waals surface area contributed by atoms with Gasteiger partial charge in [0.1, 0.15) is 5.92 Å². The highest BCUT2D eigenvalue weighted by molar-refractivity contribution is 6.16. The largest absolute Gasteiger partial charge is 0.340 e. The maximum absolute atomic E-state index is 12.1. The second-order valence-electron chi connectivity index (χ2n) is 4.61. The molecule has 0 bridgehead atoms. The maximum Gasteiger partial charge on any atom is 0.330 e. The van der Waals surface area contributed by atoms with Crippen molar-refractivity contribution in [3.05, 3.63) is 11.7 Å². The van der Waals surface area contributed by atoms with Crippen LogP contribution in [0, 0.1) is 12.8 Å². The molecule has 1 fully saturated rings. The molecule has 1 unspecified atom stereocenters. The minimum Gasteiger partial charge on any atom is -0.340 e. The van der Waals surface area contributed by atoms with Crippen LogP contribution in [0.3, 0.4) is 0 Å². The molecule has 0 radical (unpaired) electrons.